The molecule has 0 aliphatic carbocycles. The molecule has 4 heterocycles. The second-order valence-corrected chi connectivity index (χ2v) is 11.8. The van der Waals surface area contributed by atoms with Gasteiger partial charge in [0, 0.05) is 35.5 Å². The maximum atomic E-state index is 12.9. The summed E-state index contributed by atoms with van der Waals surface area (Å²) < 4.78 is 18.5. The average molecular weight is 586 g/mol. The van der Waals surface area contributed by atoms with Crippen molar-refractivity contribution in [2.75, 3.05) is 44.7 Å². The predicted molar refractivity (Wildman–Crippen MR) is 147 cm³/mol. The number of fused-ring (bicyclic) bond motifs is 3. The third-order valence-corrected chi connectivity index (χ3v) is 7.78. The van der Waals surface area contributed by atoms with E-state index in [1.54, 1.807) is 11.2 Å². The van der Waals surface area contributed by atoms with Gasteiger partial charge in [-0.1, -0.05) is 0 Å². The van der Waals surface area contributed by atoms with E-state index in [1.807, 2.05) is 32.9 Å². The smallest absolute Gasteiger partial charge is 0.410 e. The second kappa shape index (κ2) is 10.6. The standard InChI is InChI=1S/C27H33BrN6O4/c1-27(2,3)38-26(35)34-12-11-33(15-17(34)7-9-29)24-22-21(14-20(28)19-8-13-36-23(19)22)30-25(31-24)37-16-18-6-5-10-32(18)4/h8,13-14,17-18H,5-7,10-12,15-16H2,1-4H3/t17-,18-/m0/s1. The van der Waals surface area contributed by atoms with Crippen molar-refractivity contribution in [3.05, 3.63) is 22.9 Å². The molecule has 0 N–H and O–H groups in total. The van der Waals surface area contributed by atoms with Gasteiger partial charge >= 0.3 is 12.1 Å². The quantitative estimate of drug-likeness (QED) is 0.411. The van der Waals surface area contributed by atoms with Gasteiger partial charge in [0.2, 0.25) is 0 Å². The monoisotopic (exact) mass is 584 g/mol. The SMILES string of the molecule is CN1CCC[C@H]1COc1nc(N2CCN(C(=O)OC(C)(C)C)[C@@H](CC#N)C2)c2c(cc(Br)c3ccoc32)n1. The lowest BCUT2D eigenvalue weighted by atomic mass is 10.1. The van der Waals surface area contributed by atoms with Crippen LogP contribution in [-0.2, 0) is 4.74 Å². The fourth-order valence-electron chi connectivity index (χ4n) is 5.20. The number of nitrogens with zero attached hydrogens (tertiary/aromatic N) is 6. The number of hydrogen-bond donors (Lipinski definition) is 0. The normalized spacial score (nSPS) is 20.7. The van der Waals surface area contributed by atoms with Gasteiger partial charge in [-0.25, -0.2) is 4.79 Å². The van der Waals surface area contributed by atoms with Gasteiger partial charge in [-0.15, -0.1) is 0 Å². The van der Waals surface area contributed by atoms with Crippen molar-refractivity contribution < 1.29 is 18.7 Å². The number of hydrogen-bond acceptors (Lipinski definition) is 9. The van der Waals surface area contributed by atoms with E-state index in [1.165, 1.54) is 0 Å². The summed E-state index contributed by atoms with van der Waals surface area (Å²) in [6, 6.07) is 6.37. The fraction of sp³-hybridized carbons (Fsp3) is 0.556. The van der Waals surface area contributed by atoms with Gasteiger partial charge in [-0.2, -0.15) is 15.2 Å². The zero-order chi connectivity index (χ0) is 27.0. The highest BCUT2D eigenvalue weighted by Gasteiger charge is 2.35. The molecule has 0 saturated carbocycles. The Morgan fingerprint density at radius 2 is 2.08 bits per heavy atom. The van der Waals surface area contributed by atoms with E-state index < -0.39 is 11.7 Å². The van der Waals surface area contributed by atoms with Gasteiger partial charge in [0.25, 0.3) is 0 Å². The van der Waals surface area contributed by atoms with Gasteiger partial charge < -0.3 is 28.6 Å². The number of likely N-dealkylation sites (N-methyl/N-ethyl adjacent to an activating group) is 1. The molecule has 5 rings (SSSR count). The molecule has 202 valence electrons. The molecule has 2 aliphatic rings. The van der Waals surface area contributed by atoms with E-state index in [0.717, 1.165) is 34.6 Å². The summed E-state index contributed by atoms with van der Waals surface area (Å²) >= 11 is 3.65. The molecule has 1 aromatic carbocycles. The third-order valence-electron chi connectivity index (χ3n) is 7.12. The summed E-state index contributed by atoms with van der Waals surface area (Å²) in [5, 5.41) is 11.2. The van der Waals surface area contributed by atoms with Crippen LogP contribution in [0.4, 0.5) is 10.6 Å². The molecular weight excluding hydrogens is 552 g/mol. The Bertz CT molecular complexity index is 1380. The van der Waals surface area contributed by atoms with Crippen LogP contribution in [0.25, 0.3) is 21.9 Å². The van der Waals surface area contributed by atoms with E-state index in [4.69, 9.17) is 23.9 Å². The summed E-state index contributed by atoms with van der Waals surface area (Å²) in [7, 11) is 2.11. The van der Waals surface area contributed by atoms with Gasteiger partial charge in [-0.05, 0) is 75.3 Å². The first-order valence-corrected chi connectivity index (χ1v) is 13.8. The highest BCUT2D eigenvalue weighted by molar-refractivity contribution is 9.10. The molecule has 0 spiro atoms. The number of anilines is 1. The zero-order valence-corrected chi connectivity index (χ0v) is 23.8. The molecule has 2 aliphatic heterocycles. The van der Waals surface area contributed by atoms with Crippen LogP contribution >= 0.6 is 15.9 Å². The Labute approximate surface area is 230 Å². The number of furan rings is 1. The van der Waals surface area contributed by atoms with Crippen LogP contribution in [0.5, 0.6) is 6.01 Å². The van der Waals surface area contributed by atoms with Crippen molar-refractivity contribution in [2.45, 2.75) is 57.7 Å². The first kappa shape index (κ1) is 26.5. The number of amides is 1. The number of benzene rings is 1. The Balaban J connectivity index is 1.51. The molecule has 2 fully saturated rings. The lowest BCUT2D eigenvalue weighted by Gasteiger charge is -2.41. The largest absolute Gasteiger partial charge is 0.463 e. The van der Waals surface area contributed by atoms with Gasteiger partial charge in [0.05, 0.1) is 35.7 Å². The van der Waals surface area contributed by atoms with Crippen LogP contribution in [0.2, 0.25) is 0 Å². The first-order chi connectivity index (χ1) is 18.1. The fourth-order valence-corrected chi connectivity index (χ4v) is 5.73. The summed E-state index contributed by atoms with van der Waals surface area (Å²) in [4.78, 5) is 28.6. The number of rotatable bonds is 5. The van der Waals surface area contributed by atoms with Crippen LogP contribution < -0.4 is 9.64 Å². The van der Waals surface area contributed by atoms with Crippen molar-refractivity contribution >= 4 is 49.7 Å². The maximum Gasteiger partial charge on any atom is 0.410 e. The number of halogens is 1. The lowest BCUT2D eigenvalue weighted by Crippen LogP contribution is -2.56. The highest BCUT2D eigenvalue weighted by Crippen LogP contribution is 2.38. The van der Waals surface area contributed by atoms with Crippen LogP contribution in [0.1, 0.15) is 40.0 Å². The van der Waals surface area contributed by atoms with Gasteiger partial charge in [0.15, 0.2) is 0 Å². The summed E-state index contributed by atoms with van der Waals surface area (Å²) in [6.45, 7) is 8.41. The average Bonchev–Trinajstić information content (AvgIpc) is 3.51. The van der Waals surface area contributed by atoms with E-state index >= 15 is 0 Å². The molecule has 2 saturated heterocycles. The van der Waals surface area contributed by atoms with Crippen molar-refractivity contribution in [3.63, 3.8) is 0 Å². The molecule has 1 amide bonds. The Kier molecular flexibility index (Phi) is 7.38. The third kappa shape index (κ3) is 5.38. The van der Waals surface area contributed by atoms with Crippen molar-refractivity contribution in [1.29, 1.82) is 5.26 Å². The van der Waals surface area contributed by atoms with Crippen molar-refractivity contribution in [1.82, 2.24) is 19.8 Å². The second-order valence-electron chi connectivity index (χ2n) is 11.0. The summed E-state index contributed by atoms with van der Waals surface area (Å²) in [6.07, 6.45) is 3.65. The number of carbonyl (C=O) groups excluding carboxylic acids is 1. The number of carbonyl (C=O) groups is 1. The molecule has 0 bridgehead atoms. The number of piperazine rings is 1. The molecular formula is C27H33BrN6O4. The first-order valence-electron chi connectivity index (χ1n) is 13.0. The Morgan fingerprint density at radius 1 is 1.26 bits per heavy atom. The number of nitriles is 1. The molecule has 0 unspecified atom stereocenters. The van der Waals surface area contributed by atoms with E-state index in [-0.39, 0.29) is 12.5 Å². The number of aromatic nitrogens is 2. The minimum Gasteiger partial charge on any atom is -0.463 e. The molecule has 2 aromatic heterocycles. The van der Waals surface area contributed by atoms with Gasteiger partial charge in [-0.3, -0.25) is 0 Å². The molecule has 3 aromatic rings. The van der Waals surface area contributed by atoms with E-state index in [0.29, 0.717) is 55.2 Å². The lowest BCUT2D eigenvalue weighted by molar-refractivity contribution is 0.0145. The van der Waals surface area contributed by atoms with Crippen LogP contribution in [-0.4, -0.2) is 83.4 Å². The highest BCUT2D eigenvalue weighted by atomic mass is 79.9. The zero-order valence-electron chi connectivity index (χ0n) is 22.2. The minimum atomic E-state index is -0.619. The molecule has 38 heavy (non-hydrogen) atoms. The van der Waals surface area contributed by atoms with Gasteiger partial charge in [0.1, 0.15) is 23.6 Å². The van der Waals surface area contributed by atoms with E-state index in [9.17, 15) is 10.1 Å². The Hall–Kier alpha value is -3.10. The molecule has 2 atom stereocenters. The number of ether oxygens (including phenoxy) is 2. The minimum absolute atomic E-state index is 0.178. The predicted octanol–water partition coefficient (Wildman–Crippen LogP) is 4.95. The maximum absolute atomic E-state index is 12.9. The molecule has 10 nitrogen and oxygen atoms in total. The van der Waals surface area contributed by atoms with E-state index in [2.05, 4.69) is 38.8 Å². The summed E-state index contributed by atoms with van der Waals surface area (Å²) in [5.41, 5.74) is 0.759. The van der Waals surface area contributed by atoms with Crippen LogP contribution in [0.3, 0.4) is 0 Å². The molecule has 11 heteroatoms. The summed E-state index contributed by atoms with van der Waals surface area (Å²) in [5.74, 6) is 0.670. The van der Waals surface area contributed by atoms with Crippen LogP contribution in [0, 0.1) is 11.3 Å². The van der Waals surface area contributed by atoms with Crippen LogP contribution in [0.15, 0.2) is 27.3 Å². The molecule has 0 radical (unpaired) electrons. The van der Waals surface area contributed by atoms with Crippen molar-refractivity contribution in [3.8, 4) is 12.1 Å². The Morgan fingerprint density at radius 3 is 2.79 bits per heavy atom. The number of likely N-dealkylation sites (tertiary alicyclic amines) is 1. The van der Waals surface area contributed by atoms with Crippen molar-refractivity contribution in [2.24, 2.45) is 0 Å². The topological polar surface area (TPSA) is 108 Å².